The number of fused-ring (bicyclic) bond motifs is 2. The summed E-state index contributed by atoms with van der Waals surface area (Å²) < 4.78 is 12.8. The Morgan fingerprint density at radius 1 is 1.07 bits per heavy atom. The normalized spacial score (nSPS) is 13.2. The summed E-state index contributed by atoms with van der Waals surface area (Å²) in [5, 5.41) is 0.515. The number of aromatic nitrogens is 2. The number of rotatable bonds is 6. The molecule has 0 radical (unpaired) electrons. The molecule has 0 atom stereocenters. The van der Waals surface area contributed by atoms with Gasteiger partial charge in [0.25, 0.3) is 5.56 Å². The molecule has 0 saturated carbocycles. The van der Waals surface area contributed by atoms with E-state index in [9.17, 15) is 9.59 Å². The van der Waals surface area contributed by atoms with E-state index in [1.165, 1.54) is 10.9 Å². The van der Waals surface area contributed by atoms with Crippen LogP contribution in [-0.4, -0.2) is 40.1 Å². The van der Waals surface area contributed by atoms with E-state index in [2.05, 4.69) is 4.98 Å². The summed E-state index contributed by atoms with van der Waals surface area (Å²) in [6.07, 6.45) is 2.18. The van der Waals surface area contributed by atoms with E-state index < -0.39 is 0 Å². The molecule has 1 aromatic heterocycles. The van der Waals surface area contributed by atoms with Crippen LogP contribution in [0.1, 0.15) is 25.0 Å². The number of nitrogens with zero attached hydrogens (tertiary/aromatic N) is 3. The van der Waals surface area contributed by atoms with Gasteiger partial charge in [-0.15, -0.1) is 0 Å². The summed E-state index contributed by atoms with van der Waals surface area (Å²) >= 11 is 0. The first-order chi connectivity index (χ1) is 14.6. The van der Waals surface area contributed by atoms with Gasteiger partial charge in [0.2, 0.25) is 5.91 Å². The molecular weight excluding hydrogens is 382 g/mol. The van der Waals surface area contributed by atoms with Crippen LogP contribution in [0.15, 0.2) is 47.5 Å². The van der Waals surface area contributed by atoms with Gasteiger partial charge in [-0.1, -0.05) is 12.1 Å². The molecule has 2 aromatic carbocycles. The predicted octanol–water partition coefficient (Wildman–Crippen LogP) is 2.78. The number of ether oxygens (including phenoxy) is 2. The van der Waals surface area contributed by atoms with Gasteiger partial charge in [0.1, 0.15) is 6.54 Å². The Hall–Kier alpha value is -3.35. The minimum Gasteiger partial charge on any atom is -0.490 e. The Kier molecular flexibility index (Phi) is 5.70. The zero-order valence-corrected chi connectivity index (χ0v) is 17.3. The largest absolute Gasteiger partial charge is 0.490 e. The molecule has 7 nitrogen and oxygen atoms in total. The summed E-state index contributed by atoms with van der Waals surface area (Å²) in [7, 11) is 0. The SMILES string of the molecule is CCOc1cc2c(cc1OCC)CN(C(=O)Cn1cnc3ccccc3c1=O)CC2. The maximum atomic E-state index is 12.9. The molecule has 0 aliphatic carbocycles. The van der Waals surface area contributed by atoms with Crippen molar-refractivity contribution < 1.29 is 14.3 Å². The molecule has 1 aliphatic heterocycles. The van der Waals surface area contributed by atoms with Crippen LogP contribution in [0.25, 0.3) is 10.9 Å². The van der Waals surface area contributed by atoms with Gasteiger partial charge in [-0.25, -0.2) is 4.98 Å². The Bertz CT molecular complexity index is 1140. The molecule has 1 aliphatic rings. The highest BCUT2D eigenvalue weighted by Gasteiger charge is 2.23. The van der Waals surface area contributed by atoms with Gasteiger partial charge in [-0.05, 0) is 55.7 Å². The fraction of sp³-hybridized carbons (Fsp3) is 0.348. The van der Waals surface area contributed by atoms with Crippen molar-refractivity contribution in [3.8, 4) is 11.5 Å². The molecule has 7 heteroatoms. The van der Waals surface area contributed by atoms with Crippen molar-refractivity contribution in [1.82, 2.24) is 14.5 Å². The molecule has 0 saturated heterocycles. The second-order valence-corrected chi connectivity index (χ2v) is 7.19. The van der Waals surface area contributed by atoms with Crippen LogP contribution in [-0.2, 0) is 24.3 Å². The number of hydrogen-bond donors (Lipinski definition) is 0. The van der Waals surface area contributed by atoms with E-state index in [4.69, 9.17) is 9.47 Å². The third-order valence-corrected chi connectivity index (χ3v) is 5.27. The highest BCUT2D eigenvalue weighted by Crippen LogP contribution is 2.34. The first-order valence-electron chi connectivity index (χ1n) is 10.2. The second-order valence-electron chi connectivity index (χ2n) is 7.19. The summed E-state index contributed by atoms with van der Waals surface area (Å²) in [5.74, 6) is 1.33. The third-order valence-electron chi connectivity index (χ3n) is 5.27. The lowest BCUT2D eigenvalue weighted by Crippen LogP contribution is -2.39. The van der Waals surface area contributed by atoms with Crippen LogP contribution in [0.2, 0.25) is 0 Å². The Balaban J connectivity index is 1.54. The van der Waals surface area contributed by atoms with Crippen LogP contribution in [0, 0.1) is 0 Å². The molecule has 1 amide bonds. The van der Waals surface area contributed by atoms with E-state index in [1.807, 2.05) is 32.0 Å². The molecule has 0 fully saturated rings. The van der Waals surface area contributed by atoms with Gasteiger partial charge < -0.3 is 14.4 Å². The van der Waals surface area contributed by atoms with Crippen molar-refractivity contribution in [3.05, 3.63) is 64.2 Å². The zero-order valence-electron chi connectivity index (χ0n) is 17.3. The van der Waals surface area contributed by atoms with E-state index >= 15 is 0 Å². The highest BCUT2D eigenvalue weighted by atomic mass is 16.5. The van der Waals surface area contributed by atoms with E-state index in [1.54, 1.807) is 23.1 Å². The Labute approximate surface area is 174 Å². The number of hydrogen-bond acceptors (Lipinski definition) is 5. The standard InChI is InChI=1S/C23H25N3O4/c1-3-29-20-11-16-9-10-25(13-17(16)12-21(20)30-4-2)22(27)14-26-15-24-19-8-6-5-7-18(19)23(26)28/h5-8,11-12,15H,3-4,9-10,13-14H2,1-2H3. The lowest BCUT2D eigenvalue weighted by Gasteiger charge is -2.30. The van der Waals surface area contributed by atoms with Crippen molar-refractivity contribution >= 4 is 16.8 Å². The van der Waals surface area contributed by atoms with E-state index in [0.717, 1.165) is 23.3 Å². The molecule has 156 valence electrons. The number of para-hydroxylation sites is 1. The fourth-order valence-electron chi connectivity index (χ4n) is 3.78. The summed E-state index contributed by atoms with van der Waals surface area (Å²) in [4.78, 5) is 31.7. The highest BCUT2D eigenvalue weighted by molar-refractivity contribution is 5.79. The smallest absolute Gasteiger partial charge is 0.261 e. The molecule has 0 unspecified atom stereocenters. The average molecular weight is 407 g/mol. The number of benzene rings is 2. The van der Waals surface area contributed by atoms with Gasteiger partial charge in [-0.2, -0.15) is 0 Å². The minimum absolute atomic E-state index is 0.0264. The van der Waals surface area contributed by atoms with E-state index in [-0.39, 0.29) is 18.0 Å². The third kappa shape index (κ3) is 3.87. The van der Waals surface area contributed by atoms with Crippen LogP contribution in [0.3, 0.4) is 0 Å². The minimum atomic E-state index is -0.202. The monoisotopic (exact) mass is 407 g/mol. The first-order valence-corrected chi connectivity index (χ1v) is 10.2. The van der Waals surface area contributed by atoms with Gasteiger partial charge in [0.15, 0.2) is 11.5 Å². The van der Waals surface area contributed by atoms with Crippen molar-refractivity contribution in [1.29, 1.82) is 0 Å². The maximum Gasteiger partial charge on any atom is 0.261 e. The lowest BCUT2D eigenvalue weighted by molar-refractivity contribution is -0.132. The summed E-state index contributed by atoms with van der Waals surface area (Å²) in [5.41, 5.74) is 2.64. The molecule has 30 heavy (non-hydrogen) atoms. The number of amides is 1. The van der Waals surface area contributed by atoms with Gasteiger partial charge in [0, 0.05) is 13.1 Å². The molecule has 2 heterocycles. The van der Waals surface area contributed by atoms with Crippen molar-refractivity contribution in [2.75, 3.05) is 19.8 Å². The molecule has 0 N–H and O–H groups in total. The average Bonchev–Trinajstić information content (AvgIpc) is 2.76. The maximum absolute atomic E-state index is 12.9. The van der Waals surface area contributed by atoms with Crippen LogP contribution in [0.5, 0.6) is 11.5 Å². The van der Waals surface area contributed by atoms with Gasteiger partial charge in [0.05, 0.1) is 30.4 Å². The van der Waals surface area contributed by atoms with Gasteiger partial charge in [-0.3, -0.25) is 14.2 Å². The molecular formula is C23H25N3O4. The summed E-state index contributed by atoms with van der Waals surface area (Å²) in [6.45, 7) is 6.04. The quantitative estimate of drug-likeness (QED) is 0.628. The number of carbonyl (C=O) groups excluding carboxylic acids is 1. The van der Waals surface area contributed by atoms with Crippen LogP contribution < -0.4 is 15.0 Å². The Morgan fingerprint density at radius 3 is 2.50 bits per heavy atom. The topological polar surface area (TPSA) is 73.7 Å². The Morgan fingerprint density at radius 2 is 1.77 bits per heavy atom. The first kappa shape index (κ1) is 19.9. The van der Waals surface area contributed by atoms with Crippen molar-refractivity contribution in [3.63, 3.8) is 0 Å². The van der Waals surface area contributed by atoms with Crippen LogP contribution in [0.4, 0.5) is 0 Å². The van der Waals surface area contributed by atoms with Crippen molar-refractivity contribution in [2.24, 2.45) is 0 Å². The van der Waals surface area contributed by atoms with Gasteiger partial charge >= 0.3 is 0 Å². The molecule has 0 bridgehead atoms. The number of carbonyl (C=O) groups is 1. The zero-order chi connectivity index (χ0) is 21.1. The predicted molar refractivity (Wildman–Crippen MR) is 114 cm³/mol. The second kappa shape index (κ2) is 8.57. The molecule has 4 rings (SSSR count). The summed E-state index contributed by atoms with van der Waals surface area (Å²) in [6, 6.07) is 11.1. The van der Waals surface area contributed by atoms with Crippen LogP contribution >= 0.6 is 0 Å². The van der Waals surface area contributed by atoms with E-state index in [0.29, 0.717) is 43.0 Å². The molecule has 3 aromatic rings. The molecule has 0 spiro atoms. The van der Waals surface area contributed by atoms with Crippen molar-refractivity contribution in [2.45, 2.75) is 33.4 Å². The fourth-order valence-corrected chi connectivity index (χ4v) is 3.78. The lowest BCUT2D eigenvalue weighted by atomic mass is 9.98.